The van der Waals surface area contributed by atoms with Crippen LogP contribution in [0.1, 0.15) is 31.1 Å². The van der Waals surface area contributed by atoms with Gasteiger partial charge in [-0.25, -0.2) is 22.9 Å². The third-order valence-electron chi connectivity index (χ3n) is 3.07. The monoisotopic (exact) mass is 349 g/mol. The van der Waals surface area contributed by atoms with Gasteiger partial charge in [-0.1, -0.05) is 12.1 Å². The molecular weight excluding hydrogens is 330 g/mol. The zero-order chi connectivity index (χ0) is 18.1. The van der Waals surface area contributed by atoms with Crippen LogP contribution in [0.2, 0.25) is 0 Å². The molecule has 0 unspecified atom stereocenters. The molecule has 0 spiro atoms. The first kappa shape index (κ1) is 17.9. The lowest BCUT2D eigenvalue weighted by Gasteiger charge is -2.20. The third kappa shape index (κ3) is 4.09. The highest BCUT2D eigenvalue weighted by Crippen LogP contribution is 2.26. The first-order valence-corrected chi connectivity index (χ1v) is 8.61. The molecule has 128 valence electrons. The Bertz CT molecular complexity index is 869. The lowest BCUT2D eigenvalue weighted by atomic mass is 10.0. The zero-order valence-corrected chi connectivity index (χ0v) is 14.4. The Morgan fingerprint density at radius 2 is 1.79 bits per heavy atom. The van der Waals surface area contributed by atoms with Gasteiger partial charge in [-0.05, 0) is 44.5 Å². The normalized spacial score (nSPS) is 12.1. The number of nitrogens with one attached hydrogen (secondary N) is 1. The number of nitrogens with zero attached hydrogens (tertiary/aromatic N) is 1. The van der Waals surface area contributed by atoms with Gasteiger partial charge in [-0.3, -0.25) is 0 Å². The van der Waals surface area contributed by atoms with E-state index in [9.17, 15) is 18.3 Å². The Labute approximate surface area is 140 Å². The number of aromatic carboxylic acids is 1. The van der Waals surface area contributed by atoms with Crippen molar-refractivity contribution in [3.63, 3.8) is 0 Å². The lowest BCUT2D eigenvalue weighted by Crippen LogP contribution is -2.40. The Kier molecular flexibility index (Phi) is 4.63. The fourth-order valence-corrected chi connectivity index (χ4v) is 3.57. The maximum atomic E-state index is 12.3. The molecule has 1 aromatic heterocycles. The fourth-order valence-electron chi connectivity index (χ4n) is 2.15. The molecule has 0 bridgehead atoms. The molecule has 0 saturated heterocycles. The number of anilines is 1. The largest absolute Gasteiger partial charge is 0.478 e. The fraction of sp³-hybridized carbons (Fsp3) is 0.250. The number of rotatable bonds is 4. The van der Waals surface area contributed by atoms with Crippen molar-refractivity contribution >= 4 is 21.8 Å². The summed E-state index contributed by atoms with van der Waals surface area (Å²) in [5.74, 6) is -1.03. The molecule has 0 amide bonds. The summed E-state index contributed by atoms with van der Waals surface area (Å²) in [6.07, 6.45) is 1.36. The summed E-state index contributed by atoms with van der Waals surface area (Å²) >= 11 is 0. The van der Waals surface area contributed by atoms with Crippen LogP contribution in [0.25, 0.3) is 11.1 Å². The van der Waals surface area contributed by atoms with Crippen molar-refractivity contribution in [1.82, 2.24) is 9.71 Å². The molecule has 0 aliphatic carbocycles. The van der Waals surface area contributed by atoms with Crippen molar-refractivity contribution in [1.29, 1.82) is 0 Å². The van der Waals surface area contributed by atoms with Gasteiger partial charge >= 0.3 is 5.97 Å². The standard InChI is InChI=1S/C16H19N3O4S/c1-16(2,3)19-24(22,23)11-6-4-10(5-7-11)13-9-18-14(17)8-12(13)15(20)21/h4-9,19H,1-3H3,(H2,17,18)(H,20,21). The van der Waals surface area contributed by atoms with Crippen LogP contribution in [0.3, 0.4) is 0 Å². The molecule has 1 heterocycles. The molecule has 0 atom stereocenters. The van der Waals surface area contributed by atoms with Gasteiger partial charge in [-0.15, -0.1) is 0 Å². The molecule has 4 N–H and O–H groups in total. The molecule has 1 aromatic carbocycles. The van der Waals surface area contributed by atoms with E-state index in [1.165, 1.54) is 36.5 Å². The summed E-state index contributed by atoms with van der Waals surface area (Å²) in [6, 6.07) is 7.19. The number of benzene rings is 1. The van der Waals surface area contributed by atoms with E-state index in [-0.39, 0.29) is 16.3 Å². The number of pyridine rings is 1. The van der Waals surface area contributed by atoms with Crippen LogP contribution in [-0.4, -0.2) is 30.0 Å². The summed E-state index contributed by atoms with van der Waals surface area (Å²) in [6.45, 7) is 5.24. The van der Waals surface area contributed by atoms with Crippen LogP contribution < -0.4 is 10.5 Å². The van der Waals surface area contributed by atoms with Crippen molar-refractivity contribution in [3.8, 4) is 11.1 Å². The number of aromatic nitrogens is 1. The number of nitrogens with two attached hydrogens (primary N) is 1. The van der Waals surface area contributed by atoms with E-state index in [1.807, 2.05) is 0 Å². The average molecular weight is 349 g/mol. The Morgan fingerprint density at radius 1 is 1.21 bits per heavy atom. The van der Waals surface area contributed by atoms with Gasteiger partial charge in [0.25, 0.3) is 0 Å². The van der Waals surface area contributed by atoms with Crippen LogP contribution in [0, 0.1) is 0 Å². The van der Waals surface area contributed by atoms with Gasteiger partial charge in [0.15, 0.2) is 0 Å². The maximum Gasteiger partial charge on any atom is 0.336 e. The molecule has 0 aliphatic heterocycles. The minimum absolute atomic E-state index is 0.00548. The highest BCUT2D eigenvalue weighted by Gasteiger charge is 2.22. The maximum absolute atomic E-state index is 12.3. The quantitative estimate of drug-likeness (QED) is 0.777. The molecule has 0 saturated carbocycles. The second-order valence-corrected chi connectivity index (χ2v) is 8.02. The summed E-state index contributed by atoms with van der Waals surface area (Å²) in [5.41, 5.74) is 5.83. The highest BCUT2D eigenvalue weighted by molar-refractivity contribution is 7.89. The van der Waals surface area contributed by atoms with E-state index < -0.39 is 21.5 Å². The number of sulfonamides is 1. The van der Waals surface area contributed by atoms with Crippen molar-refractivity contribution in [2.24, 2.45) is 0 Å². The number of carboxylic acid groups (broad SMARTS) is 1. The Morgan fingerprint density at radius 3 is 2.29 bits per heavy atom. The van der Waals surface area contributed by atoms with Gasteiger partial charge in [0.2, 0.25) is 10.0 Å². The Hall–Kier alpha value is -2.45. The summed E-state index contributed by atoms with van der Waals surface area (Å²) in [4.78, 5) is 15.3. The predicted molar refractivity (Wildman–Crippen MR) is 91.1 cm³/mol. The molecule has 2 aromatic rings. The van der Waals surface area contributed by atoms with Gasteiger partial charge in [0.1, 0.15) is 5.82 Å². The molecule has 2 rings (SSSR count). The minimum Gasteiger partial charge on any atom is -0.478 e. The first-order chi connectivity index (χ1) is 11.0. The third-order valence-corrected chi connectivity index (χ3v) is 4.85. The number of hydrogen-bond acceptors (Lipinski definition) is 5. The smallest absolute Gasteiger partial charge is 0.336 e. The lowest BCUT2D eigenvalue weighted by molar-refractivity contribution is 0.0697. The predicted octanol–water partition coefficient (Wildman–Crippen LogP) is 2.11. The van der Waals surface area contributed by atoms with Gasteiger partial charge < -0.3 is 10.8 Å². The van der Waals surface area contributed by atoms with Gasteiger partial charge in [-0.2, -0.15) is 0 Å². The van der Waals surface area contributed by atoms with E-state index >= 15 is 0 Å². The summed E-state index contributed by atoms with van der Waals surface area (Å²) < 4.78 is 27.1. The van der Waals surface area contributed by atoms with Crippen molar-refractivity contribution in [2.75, 3.05) is 5.73 Å². The van der Waals surface area contributed by atoms with Gasteiger partial charge in [0, 0.05) is 17.3 Å². The van der Waals surface area contributed by atoms with Crippen molar-refractivity contribution in [2.45, 2.75) is 31.2 Å². The van der Waals surface area contributed by atoms with Gasteiger partial charge in [0.05, 0.1) is 10.5 Å². The SMILES string of the molecule is CC(C)(C)NS(=O)(=O)c1ccc(-c2cnc(N)cc2C(=O)O)cc1. The van der Waals surface area contributed by atoms with E-state index in [2.05, 4.69) is 9.71 Å². The summed E-state index contributed by atoms with van der Waals surface area (Å²) in [7, 11) is -3.65. The summed E-state index contributed by atoms with van der Waals surface area (Å²) in [5, 5.41) is 9.27. The van der Waals surface area contributed by atoms with E-state index in [0.29, 0.717) is 11.1 Å². The zero-order valence-electron chi connectivity index (χ0n) is 13.6. The van der Waals surface area contributed by atoms with E-state index in [1.54, 1.807) is 20.8 Å². The van der Waals surface area contributed by atoms with Crippen LogP contribution in [-0.2, 0) is 10.0 Å². The van der Waals surface area contributed by atoms with Crippen LogP contribution in [0.15, 0.2) is 41.4 Å². The number of carboxylic acids is 1. The van der Waals surface area contributed by atoms with E-state index in [4.69, 9.17) is 5.73 Å². The number of hydrogen-bond donors (Lipinski definition) is 3. The molecule has 7 nitrogen and oxygen atoms in total. The van der Waals surface area contributed by atoms with Crippen LogP contribution in [0.4, 0.5) is 5.82 Å². The Balaban J connectivity index is 2.43. The molecule has 0 radical (unpaired) electrons. The number of nitrogen functional groups attached to an aromatic ring is 1. The molecule has 0 fully saturated rings. The van der Waals surface area contributed by atoms with Crippen molar-refractivity contribution in [3.05, 3.63) is 42.1 Å². The second kappa shape index (κ2) is 6.21. The molecule has 0 aliphatic rings. The van der Waals surface area contributed by atoms with Crippen molar-refractivity contribution < 1.29 is 18.3 Å². The second-order valence-electron chi connectivity index (χ2n) is 6.34. The topological polar surface area (TPSA) is 122 Å². The van der Waals surface area contributed by atoms with E-state index in [0.717, 1.165) is 0 Å². The highest BCUT2D eigenvalue weighted by atomic mass is 32.2. The molecule has 8 heteroatoms. The number of carbonyl (C=O) groups is 1. The van der Waals surface area contributed by atoms with Crippen LogP contribution in [0.5, 0.6) is 0 Å². The average Bonchev–Trinajstić information content (AvgIpc) is 2.45. The first-order valence-electron chi connectivity index (χ1n) is 7.13. The molecular formula is C16H19N3O4S. The molecule has 24 heavy (non-hydrogen) atoms. The van der Waals surface area contributed by atoms with Crippen LogP contribution >= 0.6 is 0 Å². The minimum atomic E-state index is -3.65.